The van der Waals surface area contributed by atoms with Gasteiger partial charge in [0.25, 0.3) is 0 Å². The zero-order chi connectivity index (χ0) is 43.2. The molecule has 0 amide bonds. The van der Waals surface area contributed by atoms with Crippen LogP contribution in [-0.2, 0) is 5.41 Å². The lowest BCUT2D eigenvalue weighted by atomic mass is 9.81. The third-order valence-electron chi connectivity index (χ3n) is 13.5. The van der Waals surface area contributed by atoms with Crippen LogP contribution in [-0.4, -0.2) is 24.1 Å². The minimum atomic E-state index is -0.197. The van der Waals surface area contributed by atoms with E-state index in [4.69, 9.17) is 15.0 Å². The van der Waals surface area contributed by atoms with Gasteiger partial charge in [0, 0.05) is 55.0 Å². The van der Waals surface area contributed by atoms with E-state index in [0.717, 1.165) is 55.7 Å². The Hall–Kier alpha value is -8.41. The fraction of sp³-hybridized carbons (Fsp3) is 0.0500. The first-order valence-electron chi connectivity index (χ1n) is 22.3. The number of hydrogen-bond donors (Lipinski definition) is 0. The van der Waals surface area contributed by atoms with Gasteiger partial charge >= 0.3 is 0 Å². The van der Waals surface area contributed by atoms with Crippen molar-refractivity contribution < 1.29 is 0 Å². The average Bonchev–Trinajstić information content (AvgIpc) is 3.97. The second-order valence-electron chi connectivity index (χ2n) is 17.6. The number of aromatic nitrogens is 5. The average molecular weight is 832 g/mol. The van der Waals surface area contributed by atoms with Gasteiger partial charge in [-0.1, -0.05) is 184 Å². The standard InChI is InChI=1S/C60H41N5/c1-60(2)51-26-10-6-22-45(51)49-34-35-50-48-25-9-13-29-54(48)65(56(50)55(49)60)44-21-15-19-42(37-44)59-62-57(40-32-30-39(31-33-40)38-16-4-3-5-17-38)61-58(63-59)41-18-14-20-43(36-41)64-52-27-11-7-23-46(52)47-24-8-12-28-53(47)64/h3-37H,1-2H3. The van der Waals surface area contributed by atoms with Crippen molar-refractivity contribution in [2.45, 2.75) is 19.3 Å². The third kappa shape index (κ3) is 5.75. The quantitative estimate of drug-likeness (QED) is 0.168. The Labute approximate surface area is 376 Å². The van der Waals surface area contributed by atoms with Crippen LogP contribution in [0.3, 0.4) is 0 Å². The number of benzene rings is 9. The third-order valence-corrected chi connectivity index (χ3v) is 13.5. The van der Waals surface area contributed by atoms with Crippen LogP contribution in [0, 0.1) is 0 Å². The van der Waals surface area contributed by atoms with Gasteiger partial charge in [0.2, 0.25) is 0 Å². The van der Waals surface area contributed by atoms with Crippen molar-refractivity contribution in [3.63, 3.8) is 0 Å². The lowest BCUT2D eigenvalue weighted by Crippen LogP contribution is -2.16. The molecule has 5 heteroatoms. The first-order valence-corrected chi connectivity index (χ1v) is 22.3. The van der Waals surface area contributed by atoms with Gasteiger partial charge in [0.05, 0.1) is 22.1 Å². The normalized spacial score (nSPS) is 12.9. The molecule has 12 aromatic rings. The van der Waals surface area contributed by atoms with Crippen molar-refractivity contribution in [1.82, 2.24) is 24.1 Å². The molecule has 13 rings (SSSR count). The van der Waals surface area contributed by atoms with Gasteiger partial charge in [0.15, 0.2) is 17.5 Å². The maximum atomic E-state index is 5.33. The molecule has 1 aliphatic carbocycles. The molecule has 0 spiro atoms. The van der Waals surface area contributed by atoms with Gasteiger partial charge in [-0.2, -0.15) is 0 Å². The van der Waals surface area contributed by atoms with Crippen molar-refractivity contribution in [2.75, 3.05) is 0 Å². The van der Waals surface area contributed by atoms with Crippen LogP contribution in [0.1, 0.15) is 25.0 Å². The van der Waals surface area contributed by atoms with Gasteiger partial charge in [-0.25, -0.2) is 15.0 Å². The van der Waals surface area contributed by atoms with Crippen molar-refractivity contribution in [1.29, 1.82) is 0 Å². The van der Waals surface area contributed by atoms with E-state index in [9.17, 15) is 0 Å². The molecule has 9 aromatic carbocycles. The second kappa shape index (κ2) is 14.3. The van der Waals surface area contributed by atoms with E-state index in [2.05, 4.69) is 229 Å². The predicted octanol–water partition coefficient (Wildman–Crippen LogP) is 15.0. The van der Waals surface area contributed by atoms with Crippen LogP contribution in [0.2, 0.25) is 0 Å². The van der Waals surface area contributed by atoms with Crippen LogP contribution < -0.4 is 0 Å². The van der Waals surface area contributed by atoms with E-state index >= 15 is 0 Å². The Morgan fingerprint density at radius 3 is 1.43 bits per heavy atom. The molecule has 0 saturated carbocycles. The highest BCUT2D eigenvalue weighted by Crippen LogP contribution is 2.53. The Balaban J connectivity index is 1.00. The Bertz CT molecular complexity index is 3800. The van der Waals surface area contributed by atoms with Crippen LogP contribution in [0.4, 0.5) is 0 Å². The summed E-state index contributed by atoms with van der Waals surface area (Å²) in [6.45, 7) is 4.73. The fourth-order valence-corrected chi connectivity index (χ4v) is 10.6. The largest absolute Gasteiger partial charge is 0.309 e. The smallest absolute Gasteiger partial charge is 0.164 e. The first kappa shape index (κ1) is 37.2. The summed E-state index contributed by atoms with van der Waals surface area (Å²) < 4.78 is 4.80. The topological polar surface area (TPSA) is 48.5 Å². The van der Waals surface area contributed by atoms with Gasteiger partial charge in [-0.05, 0) is 75.8 Å². The lowest BCUT2D eigenvalue weighted by molar-refractivity contribution is 0.664. The molecule has 65 heavy (non-hydrogen) atoms. The molecule has 5 nitrogen and oxygen atoms in total. The Morgan fingerprint density at radius 1 is 0.338 bits per heavy atom. The van der Waals surface area contributed by atoms with Gasteiger partial charge in [0.1, 0.15) is 0 Å². The van der Waals surface area contributed by atoms with E-state index in [0.29, 0.717) is 17.5 Å². The van der Waals surface area contributed by atoms with Crippen LogP contribution in [0.5, 0.6) is 0 Å². The molecule has 3 heterocycles. The summed E-state index contributed by atoms with van der Waals surface area (Å²) in [5, 5.41) is 4.92. The molecular formula is C60H41N5. The number of fused-ring (bicyclic) bond motifs is 10. The molecule has 0 fully saturated rings. The maximum Gasteiger partial charge on any atom is 0.164 e. The van der Waals surface area contributed by atoms with Crippen LogP contribution >= 0.6 is 0 Å². The number of rotatable bonds is 6. The summed E-state index contributed by atoms with van der Waals surface area (Å²) in [6, 6.07) is 75.8. The highest BCUT2D eigenvalue weighted by atomic mass is 15.0. The highest BCUT2D eigenvalue weighted by molar-refractivity contribution is 6.13. The summed E-state index contributed by atoms with van der Waals surface area (Å²) in [7, 11) is 0. The molecule has 0 saturated heterocycles. The van der Waals surface area contributed by atoms with Crippen molar-refractivity contribution >= 4 is 43.6 Å². The number of para-hydroxylation sites is 3. The molecule has 0 radical (unpaired) electrons. The summed E-state index contributed by atoms with van der Waals surface area (Å²) in [6.07, 6.45) is 0. The number of nitrogens with zero attached hydrogens (tertiary/aromatic N) is 5. The van der Waals surface area contributed by atoms with E-state index in [1.807, 2.05) is 6.07 Å². The zero-order valence-corrected chi connectivity index (χ0v) is 35.9. The van der Waals surface area contributed by atoms with E-state index < -0.39 is 0 Å². The zero-order valence-electron chi connectivity index (χ0n) is 35.9. The van der Waals surface area contributed by atoms with E-state index in [-0.39, 0.29) is 5.41 Å². The van der Waals surface area contributed by atoms with Gasteiger partial charge in [-0.15, -0.1) is 0 Å². The molecule has 0 atom stereocenters. The van der Waals surface area contributed by atoms with Crippen molar-refractivity contribution in [3.05, 3.63) is 223 Å². The minimum absolute atomic E-state index is 0.197. The fourth-order valence-electron chi connectivity index (χ4n) is 10.6. The molecule has 1 aliphatic rings. The van der Waals surface area contributed by atoms with Crippen LogP contribution in [0.15, 0.2) is 212 Å². The molecule has 0 aliphatic heterocycles. The Kier molecular flexibility index (Phi) is 8.18. The van der Waals surface area contributed by atoms with Crippen molar-refractivity contribution in [3.8, 4) is 67.8 Å². The summed E-state index contributed by atoms with van der Waals surface area (Å²) in [4.78, 5) is 15.8. The number of hydrogen-bond acceptors (Lipinski definition) is 3. The van der Waals surface area contributed by atoms with E-state index in [1.54, 1.807) is 0 Å². The van der Waals surface area contributed by atoms with Crippen LogP contribution in [0.25, 0.3) is 111 Å². The lowest BCUT2D eigenvalue weighted by Gasteiger charge is -2.23. The van der Waals surface area contributed by atoms with Gasteiger partial charge < -0.3 is 9.13 Å². The molecule has 0 bridgehead atoms. The predicted molar refractivity (Wildman–Crippen MR) is 268 cm³/mol. The SMILES string of the molecule is CC1(C)c2ccccc2-c2ccc3c4ccccc4n(-c4cccc(-c5nc(-c6ccc(-c7ccccc7)cc6)nc(-c6cccc(-n7c8ccccc8c8ccccc87)c6)n5)c4)c3c21. The molecular weight excluding hydrogens is 791 g/mol. The molecule has 306 valence electrons. The summed E-state index contributed by atoms with van der Waals surface area (Å²) in [5.74, 6) is 1.84. The molecule has 0 unspecified atom stereocenters. The minimum Gasteiger partial charge on any atom is -0.309 e. The molecule has 0 N–H and O–H groups in total. The van der Waals surface area contributed by atoms with Crippen molar-refractivity contribution in [2.24, 2.45) is 0 Å². The summed E-state index contributed by atoms with van der Waals surface area (Å²) >= 11 is 0. The molecule has 3 aromatic heterocycles. The Morgan fingerprint density at radius 2 is 0.800 bits per heavy atom. The monoisotopic (exact) mass is 831 g/mol. The highest BCUT2D eigenvalue weighted by Gasteiger charge is 2.38. The van der Waals surface area contributed by atoms with E-state index in [1.165, 1.54) is 49.3 Å². The summed E-state index contributed by atoms with van der Waals surface area (Å²) in [5.41, 5.74) is 17.0. The second-order valence-corrected chi connectivity index (χ2v) is 17.6. The van der Waals surface area contributed by atoms with Gasteiger partial charge in [-0.3, -0.25) is 0 Å². The maximum absolute atomic E-state index is 5.33. The first-order chi connectivity index (χ1) is 32.0.